The minimum atomic E-state index is -0.859. The van der Waals surface area contributed by atoms with E-state index in [1.807, 2.05) is 0 Å². The first kappa shape index (κ1) is 22.5. The number of hydrogen-bond donors (Lipinski definition) is 1. The van der Waals surface area contributed by atoms with Crippen LogP contribution in [-0.2, 0) is 11.2 Å². The zero-order chi connectivity index (χ0) is 22.1. The fourth-order valence-corrected chi connectivity index (χ4v) is 2.91. The van der Waals surface area contributed by atoms with E-state index in [0.29, 0.717) is 46.9 Å². The fourth-order valence-electron chi connectivity index (χ4n) is 2.62. The van der Waals surface area contributed by atoms with Crippen molar-refractivity contribution in [3.8, 4) is 23.3 Å². The Balaban J connectivity index is 1.51. The van der Waals surface area contributed by atoms with Crippen molar-refractivity contribution < 1.29 is 19.4 Å². The zero-order valence-electron chi connectivity index (χ0n) is 16.5. The second-order valence-electron chi connectivity index (χ2n) is 6.53. The lowest BCUT2D eigenvalue weighted by molar-refractivity contribution is -0.136. The van der Waals surface area contributed by atoms with Gasteiger partial charge < -0.3 is 14.6 Å². The maximum absolute atomic E-state index is 10.7. The number of pyridine rings is 1. The second kappa shape index (κ2) is 11.3. The largest absolute Gasteiger partial charge is 0.493 e. The highest BCUT2D eigenvalue weighted by molar-refractivity contribution is 6.30. The van der Waals surface area contributed by atoms with E-state index in [2.05, 4.69) is 16.8 Å². The van der Waals surface area contributed by atoms with Crippen LogP contribution in [0.2, 0.25) is 10.2 Å². The van der Waals surface area contributed by atoms with E-state index < -0.39 is 5.97 Å². The van der Waals surface area contributed by atoms with Gasteiger partial charge in [-0.3, -0.25) is 4.79 Å². The molecule has 0 aliphatic carbocycles. The van der Waals surface area contributed by atoms with Gasteiger partial charge in [-0.2, -0.15) is 0 Å². The molecule has 7 heteroatoms. The summed E-state index contributed by atoms with van der Waals surface area (Å²) in [5.74, 6) is 6.54. The number of hydrogen-bond acceptors (Lipinski definition) is 4. The second-order valence-corrected chi connectivity index (χ2v) is 7.35. The first-order valence-electron chi connectivity index (χ1n) is 9.49. The van der Waals surface area contributed by atoms with E-state index in [9.17, 15) is 4.79 Å². The first-order chi connectivity index (χ1) is 15.0. The van der Waals surface area contributed by atoms with Crippen LogP contribution in [0.5, 0.6) is 11.5 Å². The molecule has 1 heterocycles. The number of carboxylic acid groups (broad SMARTS) is 1. The molecule has 0 aliphatic heterocycles. The van der Waals surface area contributed by atoms with Crippen LogP contribution in [0.25, 0.3) is 0 Å². The molecule has 158 valence electrons. The Morgan fingerprint density at radius 1 is 0.968 bits per heavy atom. The van der Waals surface area contributed by atoms with Crippen molar-refractivity contribution in [2.24, 2.45) is 0 Å². The van der Waals surface area contributed by atoms with E-state index in [0.717, 1.165) is 11.1 Å². The molecular formula is C24H19Cl2NO4. The summed E-state index contributed by atoms with van der Waals surface area (Å²) >= 11 is 11.9. The number of rotatable bonds is 8. The van der Waals surface area contributed by atoms with Crippen LogP contribution < -0.4 is 9.47 Å². The average Bonchev–Trinajstić information content (AvgIpc) is 2.75. The summed E-state index contributed by atoms with van der Waals surface area (Å²) in [5, 5.41) is 9.78. The summed E-state index contributed by atoms with van der Waals surface area (Å²) in [7, 11) is 0. The van der Waals surface area contributed by atoms with Crippen molar-refractivity contribution in [3.63, 3.8) is 0 Å². The molecule has 31 heavy (non-hydrogen) atoms. The highest BCUT2D eigenvalue weighted by Crippen LogP contribution is 2.22. The highest BCUT2D eigenvalue weighted by atomic mass is 35.5. The van der Waals surface area contributed by atoms with E-state index in [1.165, 1.54) is 0 Å². The summed E-state index contributed by atoms with van der Waals surface area (Å²) in [6.45, 7) is 0.902. The third-order valence-electron chi connectivity index (χ3n) is 4.10. The van der Waals surface area contributed by atoms with Gasteiger partial charge in [-0.15, -0.1) is 0 Å². The van der Waals surface area contributed by atoms with Gasteiger partial charge in [-0.05, 0) is 48.0 Å². The monoisotopic (exact) mass is 455 g/mol. The maximum atomic E-state index is 10.7. The average molecular weight is 456 g/mol. The molecular weight excluding hydrogens is 437 g/mol. The summed E-state index contributed by atoms with van der Waals surface area (Å²) in [4.78, 5) is 14.7. The summed E-state index contributed by atoms with van der Waals surface area (Å²) < 4.78 is 11.5. The molecule has 0 saturated carbocycles. The van der Waals surface area contributed by atoms with E-state index >= 15 is 0 Å². The molecule has 0 spiro atoms. The van der Waals surface area contributed by atoms with Gasteiger partial charge >= 0.3 is 5.97 Å². The maximum Gasteiger partial charge on any atom is 0.307 e. The van der Waals surface area contributed by atoms with E-state index in [1.54, 1.807) is 60.8 Å². The van der Waals surface area contributed by atoms with Crippen LogP contribution in [0.3, 0.4) is 0 Å². The number of aromatic nitrogens is 1. The van der Waals surface area contributed by atoms with Gasteiger partial charge in [0.1, 0.15) is 16.7 Å². The molecule has 0 saturated heterocycles. The minimum Gasteiger partial charge on any atom is -0.493 e. The van der Waals surface area contributed by atoms with Gasteiger partial charge in [0, 0.05) is 23.2 Å². The van der Waals surface area contributed by atoms with Crippen molar-refractivity contribution >= 4 is 29.2 Å². The van der Waals surface area contributed by atoms with Crippen LogP contribution in [0.1, 0.15) is 23.1 Å². The van der Waals surface area contributed by atoms with Crippen molar-refractivity contribution in [3.05, 3.63) is 87.7 Å². The van der Waals surface area contributed by atoms with Crippen molar-refractivity contribution in [1.82, 2.24) is 4.98 Å². The smallest absolute Gasteiger partial charge is 0.307 e. The Labute approximate surface area is 190 Å². The lowest BCUT2D eigenvalue weighted by atomic mass is 10.1. The SMILES string of the molecule is O=C(O)Cc1ccc(OCCCOc2ccc(Cl)cc2C#Cc2ccc(Cl)nc2)cc1. The van der Waals surface area contributed by atoms with E-state index in [4.69, 9.17) is 37.8 Å². The Morgan fingerprint density at radius 3 is 2.45 bits per heavy atom. The van der Waals surface area contributed by atoms with E-state index in [-0.39, 0.29) is 6.42 Å². The molecule has 1 N–H and O–H groups in total. The fraction of sp³-hybridized carbons (Fsp3) is 0.167. The van der Waals surface area contributed by atoms with Gasteiger partial charge in [0.25, 0.3) is 0 Å². The van der Waals surface area contributed by atoms with Crippen LogP contribution in [0.4, 0.5) is 0 Å². The van der Waals surface area contributed by atoms with Gasteiger partial charge in [0.2, 0.25) is 0 Å². The molecule has 1 aromatic heterocycles. The Kier molecular flexibility index (Phi) is 8.17. The predicted molar refractivity (Wildman–Crippen MR) is 120 cm³/mol. The number of carboxylic acids is 1. The third kappa shape index (κ3) is 7.53. The Hall–Kier alpha value is -3.20. The van der Waals surface area contributed by atoms with Crippen LogP contribution in [0.15, 0.2) is 60.8 Å². The highest BCUT2D eigenvalue weighted by Gasteiger charge is 2.04. The molecule has 2 aromatic carbocycles. The zero-order valence-corrected chi connectivity index (χ0v) is 18.0. The molecule has 0 bridgehead atoms. The van der Waals surface area contributed by atoms with Gasteiger partial charge in [-0.1, -0.05) is 47.2 Å². The Bertz CT molecular complexity index is 1090. The van der Waals surface area contributed by atoms with Crippen molar-refractivity contribution in [2.45, 2.75) is 12.8 Å². The standard InChI is InChI=1S/C24H19Cl2NO4/c25-20-7-10-22(19(15-20)6-2-18-5-11-23(26)27-16-18)31-13-1-12-30-21-8-3-17(4-9-21)14-24(28)29/h3-5,7-11,15-16H,1,12-14H2,(H,28,29). The van der Waals surface area contributed by atoms with Crippen molar-refractivity contribution in [1.29, 1.82) is 0 Å². The normalized spacial score (nSPS) is 10.1. The molecule has 0 fully saturated rings. The number of ether oxygens (including phenoxy) is 2. The first-order valence-corrected chi connectivity index (χ1v) is 10.2. The topological polar surface area (TPSA) is 68.7 Å². The van der Waals surface area contributed by atoms with Crippen LogP contribution >= 0.6 is 23.2 Å². The minimum absolute atomic E-state index is 0.00499. The molecule has 0 unspecified atom stereocenters. The number of halogens is 2. The number of benzene rings is 2. The molecule has 0 amide bonds. The molecule has 3 rings (SSSR count). The molecule has 3 aromatic rings. The molecule has 0 atom stereocenters. The van der Waals surface area contributed by atoms with Gasteiger partial charge in [-0.25, -0.2) is 4.98 Å². The Morgan fingerprint density at radius 2 is 1.74 bits per heavy atom. The lowest BCUT2D eigenvalue weighted by Crippen LogP contribution is -2.06. The third-order valence-corrected chi connectivity index (χ3v) is 4.56. The van der Waals surface area contributed by atoms with Gasteiger partial charge in [0.05, 0.1) is 25.2 Å². The molecule has 0 aliphatic rings. The predicted octanol–water partition coefficient (Wildman–Crippen LogP) is 5.26. The summed E-state index contributed by atoms with van der Waals surface area (Å²) in [6.07, 6.45) is 2.26. The van der Waals surface area contributed by atoms with Gasteiger partial charge in [0.15, 0.2) is 0 Å². The van der Waals surface area contributed by atoms with Crippen molar-refractivity contribution in [2.75, 3.05) is 13.2 Å². The summed E-state index contributed by atoms with van der Waals surface area (Å²) in [5.41, 5.74) is 2.14. The van der Waals surface area contributed by atoms with Crippen LogP contribution in [0, 0.1) is 11.8 Å². The lowest BCUT2D eigenvalue weighted by Gasteiger charge is -2.10. The number of nitrogens with zero attached hydrogens (tertiary/aromatic N) is 1. The molecule has 0 radical (unpaired) electrons. The molecule has 5 nitrogen and oxygen atoms in total. The number of aliphatic carboxylic acids is 1. The van der Waals surface area contributed by atoms with Crippen LogP contribution in [-0.4, -0.2) is 29.3 Å². The summed E-state index contributed by atoms with van der Waals surface area (Å²) in [6, 6.07) is 15.8. The quantitative estimate of drug-likeness (QED) is 0.285. The number of carbonyl (C=O) groups is 1.